The molecule has 0 bridgehead atoms. The van der Waals surface area contributed by atoms with Gasteiger partial charge in [-0.2, -0.15) is 0 Å². The van der Waals surface area contributed by atoms with Crippen LogP contribution in [0.25, 0.3) is 0 Å². The number of carbonyl (C=O) groups is 2. The number of rotatable bonds is 6. The predicted molar refractivity (Wildman–Crippen MR) is 100 cm³/mol. The predicted octanol–water partition coefficient (Wildman–Crippen LogP) is 2.76. The number of benzene rings is 1. The van der Waals surface area contributed by atoms with Gasteiger partial charge in [0.05, 0.1) is 0 Å². The summed E-state index contributed by atoms with van der Waals surface area (Å²) in [5, 5.41) is 0. The van der Waals surface area contributed by atoms with Gasteiger partial charge in [0, 0.05) is 12.6 Å². The molecule has 1 aromatic carbocycles. The molecule has 1 aliphatic heterocycles. The molecule has 1 aromatic rings. The Kier molecular flexibility index (Phi) is 5.30. The van der Waals surface area contributed by atoms with Crippen molar-refractivity contribution in [1.82, 2.24) is 4.90 Å². The van der Waals surface area contributed by atoms with Gasteiger partial charge in [-0.25, -0.2) is 4.99 Å². The molecule has 0 aromatic heterocycles. The summed E-state index contributed by atoms with van der Waals surface area (Å²) in [4.78, 5) is 30.4. The third-order valence-electron chi connectivity index (χ3n) is 5.44. The molecule has 1 unspecified atom stereocenters. The fourth-order valence-electron chi connectivity index (χ4n) is 3.92. The first kappa shape index (κ1) is 18.4. The molecule has 0 radical (unpaired) electrons. The van der Waals surface area contributed by atoms with Crippen LogP contribution in [0.5, 0.6) is 5.75 Å². The van der Waals surface area contributed by atoms with E-state index in [1.54, 1.807) is 31.3 Å². The monoisotopic (exact) mass is 357 g/mol. The highest BCUT2D eigenvalue weighted by molar-refractivity contribution is 6.06. The van der Waals surface area contributed by atoms with Crippen molar-refractivity contribution in [3.05, 3.63) is 29.8 Å². The minimum Gasteiger partial charge on any atom is -0.490 e. The van der Waals surface area contributed by atoms with Gasteiger partial charge in [0.25, 0.3) is 5.91 Å². The number of aliphatic imine (C=N–C) groups is 1. The molecule has 1 aliphatic carbocycles. The number of ketones is 1. The van der Waals surface area contributed by atoms with Gasteiger partial charge in [0.1, 0.15) is 12.4 Å². The lowest BCUT2D eigenvalue weighted by atomic mass is 9.79. The molecule has 1 fully saturated rings. The van der Waals surface area contributed by atoms with E-state index in [1.165, 1.54) is 31.1 Å². The molecular weight excluding hydrogens is 330 g/mol. The Morgan fingerprint density at radius 1 is 1.35 bits per heavy atom. The second kappa shape index (κ2) is 7.48. The summed E-state index contributed by atoms with van der Waals surface area (Å²) in [6, 6.07) is 7.02. The number of nitrogens with two attached hydrogens (primary N) is 1. The van der Waals surface area contributed by atoms with Gasteiger partial charge in [-0.3, -0.25) is 14.5 Å². The van der Waals surface area contributed by atoms with E-state index in [-0.39, 0.29) is 24.3 Å². The van der Waals surface area contributed by atoms with Crippen LogP contribution >= 0.6 is 0 Å². The second-order valence-electron chi connectivity index (χ2n) is 7.45. The summed E-state index contributed by atoms with van der Waals surface area (Å²) in [7, 11) is 1.65. The van der Waals surface area contributed by atoms with Gasteiger partial charge in [-0.1, -0.05) is 44.2 Å². The van der Waals surface area contributed by atoms with Crippen LogP contribution in [0.2, 0.25) is 0 Å². The first-order valence-corrected chi connectivity index (χ1v) is 9.28. The van der Waals surface area contributed by atoms with Gasteiger partial charge in [-0.05, 0) is 31.4 Å². The molecule has 3 rings (SSSR count). The molecule has 1 saturated carbocycles. The van der Waals surface area contributed by atoms with E-state index in [0.29, 0.717) is 23.7 Å². The summed E-state index contributed by atoms with van der Waals surface area (Å²) < 4.78 is 5.93. The molecule has 2 aliphatic rings. The quantitative estimate of drug-likeness (QED) is 0.793. The minimum atomic E-state index is -0.965. The van der Waals surface area contributed by atoms with E-state index < -0.39 is 5.54 Å². The number of likely N-dealkylation sites (N-methyl/N-ethyl adjacent to an activating group) is 1. The van der Waals surface area contributed by atoms with Crippen molar-refractivity contribution in [2.24, 2.45) is 16.6 Å². The molecule has 6 nitrogen and oxygen atoms in total. The van der Waals surface area contributed by atoms with E-state index in [1.807, 2.05) is 0 Å². The lowest BCUT2D eigenvalue weighted by molar-refractivity contribution is -0.132. The lowest BCUT2D eigenvalue weighted by Gasteiger charge is -2.31. The molecule has 0 saturated heterocycles. The Hall–Kier alpha value is -2.37. The number of ether oxygens (including phenoxy) is 1. The highest BCUT2D eigenvalue weighted by atomic mass is 16.5. The highest BCUT2D eigenvalue weighted by Crippen LogP contribution is 2.36. The number of guanidine groups is 1. The average molecular weight is 357 g/mol. The molecule has 1 amide bonds. The summed E-state index contributed by atoms with van der Waals surface area (Å²) >= 11 is 0. The zero-order valence-corrected chi connectivity index (χ0v) is 15.5. The van der Waals surface area contributed by atoms with Crippen LogP contribution in [0.3, 0.4) is 0 Å². The SMILES string of the molecule is CC(=O)c1cccc(OCC2(CC3CCCCC3)N=C(N)N(C)C2=O)c1. The third kappa shape index (κ3) is 3.74. The molecule has 1 heterocycles. The van der Waals surface area contributed by atoms with Crippen molar-refractivity contribution in [2.45, 2.75) is 51.0 Å². The average Bonchev–Trinajstić information content (AvgIpc) is 2.85. The van der Waals surface area contributed by atoms with Gasteiger partial charge in [0.2, 0.25) is 0 Å². The topological polar surface area (TPSA) is 85.0 Å². The van der Waals surface area contributed by atoms with Crippen molar-refractivity contribution < 1.29 is 14.3 Å². The number of nitrogens with zero attached hydrogens (tertiary/aromatic N) is 2. The Balaban J connectivity index is 1.79. The van der Waals surface area contributed by atoms with E-state index in [4.69, 9.17) is 10.5 Å². The maximum atomic E-state index is 12.9. The van der Waals surface area contributed by atoms with Crippen LogP contribution in [0.15, 0.2) is 29.3 Å². The summed E-state index contributed by atoms with van der Waals surface area (Å²) in [5.41, 5.74) is 5.56. The molecule has 6 heteroatoms. The minimum absolute atomic E-state index is 0.0219. The van der Waals surface area contributed by atoms with Gasteiger partial charge in [-0.15, -0.1) is 0 Å². The van der Waals surface area contributed by atoms with Crippen molar-refractivity contribution in [1.29, 1.82) is 0 Å². The highest BCUT2D eigenvalue weighted by Gasteiger charge is 2.48. The number of carbonyl (C=O) groups excluding carboxylic acids is 2. The van der Waals surface area contributed by atoms with E-state index in [9.17, 15) is 9.59 Å². The zero-order chi connectivity index (χ0) is 18.7. The van der Waals surface area contributed by atoms with Crippen LogP contribution in [-0.4, -0.2) is 41.7 Å². The number of hydrogen-bond donors (Lipinski definition) is 1. The first-order chi connectivity index (χ1) is 12.4. The van der Waals surface area contributed by atoms with Crippen LogP contribution in [-0.2, 0) is 4.79 Å². The third-order valence-corrected chi connectivity index (χ3v) is 5.44. The molecular formula is C20H27N3O3. The number of amides is 1. The van der Waals surface area contributed by atoms with E-state index >= 15 is 0 Å². The summed E-state index contributed by atoms with van der Waals surface area (Å²) in [6.07, 6.45) is 6.55. The largest absolute Gasteiger partial charge is 0.490 e. The van der Waals surface area contributed by atoms with Crippen molar-refractivity contribution >= 4 is 17.6 Å². The summed E-state index contributed by atoms with van der Waals surface area (Å²) in [6.45, 7) is 1.65. The number of hydrogen-bond acceptors (Lipinski definition) is 5. The Bertz CT molecular complexity index is 725. The molecule has 140 valence electrons. The van der Waals surface area contributed by atoms with Crippen LogP contribution < -0.4 is 10.5 Å². The van der Waals surface area contributed by atoms with Crippen LogP contribution in [0.4, 0.5) is 0 Å². The second-order valence-corrected chi connectivity index (χ2v) is 7.45. The normalized spacial score (nSPS) is 23.8. The Labute approximate surface area is 154 Å². The number of Topliss-reactive ketones (excluding diaryl/α,β-unsaturated/α-hetero) is 1. The Morgan fingerprint density at radius 2 is 2.08 bits per heavy atom. The van der Waals surface area contributed by atoms with E-state index in [2.05, 4.69) is 4.99 Å². The fraction of sp³-hybridized carbons (Fsp3) is 0.550. The Morgan fingerprint density at radius 3 is 2.69 bits per heavy atom. The van der Waals surface area contributed by atoms with E-state index in [0.717, 1.165) is 12.8 Å². The van der Waals surface area contributed by atoms with Gasteiger partial charge < -0.3 is 10.5 Å². The van der Waals surface area contributed by atoms with Gasteiger partial charge in [0.15, 0.2) is 17.3 Å². The lowest BCUT2D eigenvalue weighted by Crippen LogP contribution is -2.47. The fourth-order valence-corrected chi connectivity index (χ4v) is 3.92. The molecule has 2 N–H and O–H groups in total. The van der Waals surface area contributed by atoms with Gasteiger partial charge >= 0.3 is 0 Å². The first-order valence-electron chi connectivity index (χ1n) is 9.28. The van der Waals surface area contributed by atoms with Crippen molar-refractivity contribution in [3.8, 4) is 5.75 Å². The van der Waals surface area contributed by atoms with Crippen LogP contribution in [0.1, 0.15) is 55.8 Å². The smallest absolute Gasteiger partial charge is 0.260 e. The molecule has 1 atom stereocenters. The maximum absolute atomic E-state index is 12.9. The standard InChI is InChI=1S/C20H27N3O3/c1-14(24)16-9-6-10-17(11-16)26-13-20(12-15-7-4-3-5-8-15)18(25)23(2)19(21)22-20/h6,9-11,15H,3-5,7-8,12-13H2,1-2H3,(H2,21,22). The molecule has 0 spiro atoms. The van der Waals surface area contributed by atoms with Crippen molar-refractivity contribution in [3.63, 3.8) is 0 Å². The summed E-state index contributed by atoms with van der Waals surface area (Å²) in [5.74, 6) is 1.14. The molecule has 26 heavy (non-hydrogen) atoms. The maximum Gasteiger partial charge on any atom is 0.260 e. The van der Waals surface area contributed by atoms with Crippen LogP contribution in [0, 0.1) is 5.92 Å². The van der Waals surface area contributed by atoms with Crippen molar-refractivity contribution in [2.75, 3.05) is 13.7 Å². The zero-order valence-electron chi connectivity index (χ0n) is 15.5.